The predicted molar refractivity (Wildman–Crippen MR) is 139 cm³/mol. The number of aliphatic hydroxyl groups excluding tert-OH is 2. The fourth-order valence-electron chi connectivity index (χ4n) is 9.02. The average Bonchev–Trinajstić information content (AvgIpc) is 2.97. The first-order valence-electron chi connectivity index (χ1n) is 13.7. The van der Waals surface area contributed by atoms with Crippen LogP contribution in [0.15, 0.2) is 11.6 Å². The zero-order valence-corrected chi connectivity index (χ0v) is 23.9. The number of ketones is 4. The Balaban J connectivity index is 1.78. The lowest BCUT2D eigenvalue weighted by Gasteiger charge is -2.64. The topological polar surface area (TPSA) is 149 Å². The summed E-state index contributed by atoms with van der Waals surface area (Å²) in [6, 6.07) is 0. The maximum atomic E-state index is 14.2. The number of hydrogen-bond acceptors (Lipinski definition) is 8. The summed E-state index contributed by atoms with van der Waals surface area (Å²) in [5.41, 5.74) is -6.33. The minimum Gasteiger partial charge on any atom is -0.393 e. The lowest BCUT2D eigenvalue weighted by Crippen LogP contribution is -2.65. The van der Waals surface area contributed by atoms with Crippen LogP contribution in [0.4, 0.5) is 0 Å². The van der Waals surface area contributed by atoms with Crippen LogP contribution in [0.2, 0.25) is 0 Å². The molecule has 0 heterocycles. The maximum absolute atomic E-state index is 14.2. The predicted octanol–water partition coefficient (Wildman–Crippen LogP) is 2.33. The molecule has 0 saturated heterocycles. The van der Waals surface area contributed by atoms with E-state index in [0.29, 0.717) is 6.42 Å². The molecular weight excluding hydrogens is 488 g/mol. The largest absolute Gasteiger partial charge is 0.393 e. The second kappa shape index (κ2) is 8.38. The van der Waals surface area contributed by atoms with Crippen molar-refractivity contribution in [2.75, 3.05) is 0 Å². The van der Waals surface area contributed by atoms with E-state index in [2.05, 4.69) is 0 Å². The molecule has 8 heteroatoms. The monoisotopic (exact) mass is 532 g/mol. The third-order valence-corrected chi connectivity index (χ3v) is 11.6. The van der Waals surface area contributed by atoms with Crippen LogP contribution in [0, 0.1) is 39.4 Å². The van der Waals surface area contributed by atoms with Gasteiger partial charge in [0.15, 0.2) is 11.6 Å². The molecule has 0 aromatic carbocycles. The van der Waals surface area contributed by atoms with Gasteiger partial charge in [-0.3, -0.25) is 19.2 Å². The number of carbonyl (C=O) groups excluding carboxylic acids is 4. The third kappa shape index (κ3) is 3.62. The first-order valence-corrected chi connectivity index (χ1v) is 13.7. The Morgan fingerprint density at radius 3 is 2.18 bits per heavy atom. The van der Waals surface area contributed by atoms with E-state index in [4.69, 9.17) is 0 Å². The minimum atomic E-state index is -2.06. The van der Waals surface area contributed by atoms with E-state index in [0.717, 1.165) is 5.57 Å². The summed E-state index contributed by atoms with van der Waals surface area (Å²) < 4.78 is 0. The summed E-state index contributed by atoms with van der Waals surface area (Å²) in [4.78, 5) is 53.1. The smallest absolute Gasteiger partial charge is 0.207 e. The second-order valence-electron chi connectivity index (χ2n) is 14.5. The number of rotatable bonds is 5. The van der Waals surface area contributed by atoms with E-state index in [1.807, 2.05) is 26.8 Å². The van der Waals surface area contributed by atoms with Crippen molar-refractivity contribution < 1.29 is 39.6 Å². The molecule has 9 atom stereocenters. The summed E-state index contributed by atoms with van der Waals surface area (Å²) >= 11 is 0. The zero-order chi connectivity index (χ0) is 29.0. The van der Waals surface area contributed by atoms with Gasteiger partial charge >= 0.3 is 0 Å². The normalized spacial score (nSPS) is 42.9. The molecule has 0 aliphatic heterocycles. The van der Waals surface area contributed by atoms with Crippen molar-refractivity contribution in [1.82, 2.24) is 0 Å². The van der Waals surface area contributed by atoms with E-state index in [9.17, 15) is 39.6 Å². The van der Waals surface area contributed by atoms with Gasteiger partial charge in [-0.25, -0.2) is 0 Å². The Kier molecular flexibility index (Phi) is 6.45. The lowest BCUT2D eigenvalue weighted by molar-refractivity contribution is -0.184. The molecule has 4 rings (SSSR count). The summed E-state index contributed by atoms with van der Waals surface area (Å²) in [5.74, 6) is -3.36. The molecule has 0 radical (unpaired) electrons. The van der Waals surface area contributed by atoms with Gasteiger partial charge in [0.25, 0.3) is 0 Å². The SMILES string of the molecule is CC1(C)C(=O)C(=O)C[C@@H]2C1=CC[C@@H]1[C@@]2(C)C(=O)C[C@]2(C)[C@@H]([C@@](C)(O)C(=O)CC(O)C(C)(C)O)[C@H](O)C[C@@]12C. The molecule has 1 unspecified atom stereocenters. The average molecular weight is 533 g/mol. The Hall–Kier alpha value is -1.74. The highest BCUT2D eigenvalue weighted by molar-refractivity contribution is 6.40. The van der Waals surface area contributed by atoms with Crippen LogP contribution in [-0.2, 0) is 19.2 Å². The molecule has 212 valence electrons. The summed E-state index contributed by atoms with van der Waals surface area (Å²) in [7, 11) is 0. The van der Waals surface area contributed by atoms with Gasteiger partial charge < -0.3 is 20.4 Å². The third-order valence-electron chi connectivity index (χ3n) is 11.6. The van der Waals surface area contributed by atoms with Crippen LogP contribution >= 0.6 is 0 Å². The van der Waals surface area contributed by atoms with Gasteiger partial charge in [0, 0.05) is 36.5 Å². The van der Waals surface area contributed by atoms with Gasteiger partial charge in [-0.2, -0.15) is 0 Å². The highest BCUT2D eigenvalue weighted by atomic mass is 16.3. The first-order chi connectivity index (χ1) is 17.1. The van der Waals surface area contributed by atoms with Crippen molar-refractivity contribution in [3.8, 4) is 0 Å². The maximum Gasteiger partial charge on any atom is 0.207 e. The Labute approximate surface area is 224 Å². The van der Waals surface area contributed by atoms with Gasteiger partial charge in [-0.05, 0) is 64.2 Å². The summed E-state index contributed by atoms with van der Waals surface area (Å²) in [6.07, 6.45) is -0.265. The number of Topliss-reactive ketones (excluding diaryl/α,β-unsaturated/α-hetero) is 4. The summed E-state index contributed by atoms with van der Waals surface area (Å²) in [6.45, 7) is 13.3. The fraction of sp³-hybridized carbons (Fsp3) is 0.800. The van der Waals surface area contributed by atoms with Crippen LogP contribution in [0.5, 0.6) is 0 Å². The number of aliphatic hydroxyl groups is 4. The van der Waals surface area contributed by atoms with E-state index >= 15 is 0 Å². The van der Waals surface area contributed by atoms with Crippen molar-refractivity contribution in [3.63, 3.8) is 0 Å². The lowest BCUT2D eigenvalue weighted by atomic mass is 9.38. The second-order valence-corrected chi connectivity index (χ2v) is 14.5. The molecule has 0 amide bonds. The molecule has 0 aromatic rings. The van der Waals surface area contributed by atoms with Gasteiger partial charge in [0.05, 0.1) is 23.2 Å². The van der Waals surface area contributed by atoms with Crippen molar-refractivity contribution in [2.45, 2.75) is 111 Å². The Morgan fingerprint density at radius 1 is 1.05 bits per heavy atom. The van der Waals surface area contributed by atoms with Crippen molar-refractivity contribution in [1.29, 1.82) is 0 Å². The van der Waals surface area contributed by atoms with E-state index in [1.165, 1.54) is 20.8 Å². The number of carbonyl (C=O) groups is 4. The molecule has 38 heavy (non-hydrogen) atoms. The molecule has 0 aromatic heterocycles. The molecule has 4 aliphatic carbocycles. The highest BCUT2D eigenvalue weighted by Gasteiger charge is 2.74. The Bertz CT molecular complexity index is 1130. The van der Waals surface area contributed by atoms with E-state index < -0.39 is 80.7 Å². The zero-order valence-electron chi connectivity index (χ0n) is 23.9. The quantitative estimate of drug-likeness (QED) is 0.311. The standard InChI is InChI=1S/C30H44O8/c1-25(2)15-9-10-19-27(5)13-18(32)23(30(8,38)21(34)12-20(33)26(3,4)37)28(27,6)14-22(35)29(19,7)16(15)11-17(31)24(25)36/h9,16,18-20,23,32-33,37-38H,10-14H2,1-8H3/t16-,18-,19+,20?,23+,27+,28-,29+,30+/m1/s1. The molecule has 4 N–H and O–H groups in total. The van der Waals surface area contributed by atoms with Crippen molar-refractivity contribution in [3.05, 3.63) is 11.6 Å². The van der Waals surface area contributed by atoms with Crippen LogP contribution < -0.4 is 0 Å². The molecule has 8 nitrogen and oxygen atoms in total. The number of hydrogen-bond donors (Lipinski definition) is 4. The van der Waals surface area contributed by atoms with Gasteiger partial charge in [0.2, 0.25) is 5.78 Å². The van der Waals surface area contributed by atoms with Gasteiger partial charge in [-0.1, -0.05) is 32.4 Å². The summed E-state index contributed by atoms with van der Waals surface area (Å²) in [5, 5.41) is 43.5. The van der Waals surface area contributed by atoms with Crippen molar-refractivity contribution in [2.24, 2.45) is 39.4 Å². The van der Waals surface area contributed by atoms with E-state index in [1.54, 1.807) is 13.8 Å². The first kappa shape index (κ1) is 29.2. The van der Waals surface area contributed by atoms with Crippen LogP contribution in [0.3, 0.4) is 0 Å². The molecule has 3 saturated carbocycles. The molecule has 0 bridgehead atoms. The van der Waals surface area contributed by atoms with Crippen molar-refractivity contribution >= 4 is 23.1 Å². The van der Waals surface area contributed by atoms with Crippen LogP contribution in [0.1, 0.15) is 87.5 Å². The minimum absolute atomic E-state index is 0.00203. The molecule has 0 spiro atoms. The van der Waals surface area contributed by atoms with Gasteiger partial charge in [-0.15, -0.1) is 0 Å². The molecule has 3 fully saturated rings. The number of allylic oxidation sites excluding steroid dienone is 2. The van der Waals surface area contributed by atoms with Crippen LogP contribution in [-0.4, -0.2) is 67.0 Å². The van der Waals surface area contributed by atoms with Crippen LogP contribution in [0.25, 0.3) is 0 Å². The Morgan fingerprint density at radius 2 is 1.63 bits per heavy atom. The fourth-order valence-corrected chi connectivity index (χ4v) is 9.02. The molecule has 4 aliphatic rings. The van der Waals surface area contributed by atoms with E-state index in [-0.39, 0.29) is 31.0 Å². The van der Waals surface area contributed by atoms with Gasteiger partial charge in [0.1, 0.15) is 11.4 Å². The molecular formula is C30H44O8. The highest BCUT2D eigenvalue weighted by Crippen LogP contribution is 2.74. The number of fused-ring (bicyclic) bond motifs is 5.